The number of ketones is 4. The topological polar surface area (TPSA) is 326 Å². The first kappa shape index (κ1) is 44.3. The minimum absolute atomic E-state index is 0.0455. The molecule has 10 N–H and O–H groups in total. The van der Waals surface area contributed by atoms with Crippen LogP contribution in [0.25, 0.3) is 0 Å². The largest absolute Gasteiger partial charge is 0.507 e. The standard InChI is InChI=1S/C41H47NO19/c1-13-6-15-8-23(46)41(59-5)37(54)26-18(36(53)40(41,56)27(15)32(51)24(13)39(55)58-4)9-17-25(31(26)50)21(45)10-20(29(17)48)42-38-19(12-44)35(34(57-3)14(2)60-38)61-22-7-16(11-43)28(47)33(52)30(22)49/h6,9-10,14,16,19,22-23,28,30,33-35,38,42-44,46-47,49-52,56H,7-8,11-12H2,1-5H3/t14-,16+,19+,22+,23+,28+,30-,33-,34-,35-,38-,40-,41+/m0/s1. The number of carbonyl (C=O) groups is 5. The lowest BCUT2D eigenvalue weighted by Gasteiger charge is -2.52. The van der Waals surface area contributed by atoms with Crippen LogP contribution in [-0.2, 0) is 35.7 Å². The molecular formula is C41H47NO19. The molecule has 2 fully saturated rings. The van der Waals surface area contributed by atoms with Crippen molar-refractivity contribution in [1.29, 1.82) is 0 Å². The number of hydrogen-bond donors (Lipinski definition) is 10. The Balaban J connectivity index is 1.28. The number of aryl methyl sites for hydroxylation is 1. The van der Waals surface area contributed by atoms with Crippen LogP contribution in [-0.4, -0.2) is 170 Å². The van der Waals surface area contributed by atoms with Crippen LogP contribution in [0.15, 0.2) is 23.9 Å². The SMILES string of the molecule is COC(=O)c1c(C)cc2c(c1O)[C@]1(O)C(=O)c3cc4c(c(O)c3C(=O)[C@]1(OC)[C@H](O)C2)C(=O)C=C(N[C@H]1O[C@@H](C)[C@H](OC)[C@@H](O[C@@H]2C[C@H](CO)[C@@H](O)[C@H](O)[C@H]2O)[C@H]1CO)C4=O. The summed E-state index contributed by atoms with van der Waals surface area (Å²) in [4.78, 5) is 70.3. The number of benzene rings is 2. The van der Waals surface area contributed by atoms with Gasteiger partial charge in [-0.15, -0.1) is 0 Å². The quantitative estimate of drug-likeness (QED) is 0.120. The first-order valence-corrected chi connectivity index (χ1v) is 19.4. The molecule has 1 aliphatic heterocycles. The van der Waals surface area contributed by atoms with Crippen molar-refractivity contribution in [3.8, 4) is 11.5 Å². The maximum atomic E-state index is 14.8. The number of Topliss-reactive ketones (excluding diaryl/α,β-unsaturated/α-hetero) is 3. The van der Waals surface area contributed by atoms with Crippen LogP contribution in [0, 0.1) is 18.8 Å². The summed E-state index contributed by atoms with van der Waals surface area (Å²) in [5.74, 6) is -10.1. The second-order valence-corrected chi connectivity index (χ2v) is 16.0. The molecule has 0 aromatic heterocycles. The van der Waals surface area contributed by atoms with Gasteiger partial charge < -0.3 is 75.0 Å². The van der Waals surface area contributed by atoms with Gasteiger partial charge in [-0.05, 0) is 37.5 Å². The third-order valence-electron chi connectivity index (χ3n) is 12.9. The summed E-state index contributed by atoms with van der Waals surface area (Å²) in [6, 6.07) is 2.10. The van der Waals surface area contributed by atoms with E-state index in [4.69, 9.17) is 23.7 Å². The Morgan fingerprint density at radius 1 is 0.902 bits per heavy atom. The van der Waals surface area contributed by atoms with Crippen molar-refractivity contribution in [2.45, 2.75) is 93.0 Å². The smallest absolute Gasteiger partial charge is 0.341 e. The Labute approximate surface area is 346 Å². The van der Waals surface area contributed by atoms with E-state index in [2.05, 4.69) is 5.32 Å². The molecule has 2 aromatic rings. The number of phenolic OH excluding ortho intramolecular Hbond substituents is 2. The first-order chi connectivity index (χ1) is 28.8. The van der Waals surface area contributed by atoms with E-state index in [1.54, 1.807) is 6.92 Å². The molecule has 0 radical (unpaired) electrons. The highest BCUT2D eigenvalue weighted by atomic mass is 16.6. The lowest BCUT2D eigenvalue weighted by atomic mass is 9.56. The fourth-order valence-electron chi connectivity index (χ4n) is 9.84. The van der Waals surface area contributed by atoms with E-state index in [1.165, 1.54) is 20.1 Å². The molecule has 1 heterocycles. The normalized spacial score (nSPS) is 35.7. The van der Waals surface area contributed by atoms with Gasteiger partial charge in [-0.2, -0.15) is 0 Å². The third kappa shape index (κ3) is 6.19. The van der Waals surface area contributed by atoms with Crippen LogP contribution in [0.5, 0.6) is 11.5 Å². The zero-order valence-electron chi connectivity index (χ0n) is 33.5. The van der Waals surface area contributed by atoms with Gasteiger partial charge >= 0.3 is 5.97 Å². The molecule has 0 amide bonds. The Hall–Kier alpha value is -4.71. The summed E-state index contributed by atoms with van der Waals surface area (Å²) >= 11 is 0. The number of esters is 1. The predicted octanol–water partition coefficient (Wildman–Crippen LogP) is -2.17. The number of ether oxygens (including phenoxy) is 5. The van der Waals surface area contributed by atoms with Crippen LogP contribution in [0.4, 0.5) is 0 Å². The summed E-state index contributed by atoms with van der Waals surface area (Å²) in [6.45, 7) is 1.75. The summed E-state index contributed by atoms with van der Waals surface area (Å²) < 4.78 is 28.2. The van der Waals surface area contributed by atoms with Crippen LogP contribution < -0.4 is 5.32 Å². The van der Waals surface area contributed by atoms with E-state index in [0.29, 0.717) is 0 Å². The van der Waals surface area contributed by atoms with Crippen LogP contribution in [0.1, 0.15) is 81.8 Å². The Morgan fingerprint density at radius 3 is 2.20 bits per heavy atom. The van der Waals surface area contributed by atoms with Gasteiger partial charge in [0.2, 0.25) is 17.3 Å². The van der Waals surface area contributed by atoms with E-state index in [9.17, 15) is 69.9 Å². The molecule has 0 spiro atoms. The molecule has 7 rings (SSSR count). The predicted molar refractivity (Wildman–Crippen MR) is 202 cm³/mol. The number of methoxy groups -OCH3 is 3. The second kappa shape index (κ2) is 15.9. The van der Waals surface area contributed by atoms with E-state index >= 15 is 0 Å². The average Bonchev–Trinajstić information content (AvgIpc) is 3.21. The van der Waals surface area contributed by atoms with E-state index in [0.717, 1.165) is 26.4 Å². The van der Waals surface area contributed by atoms with Gasteiger partial charge in [-0.25, -0.2) is 4.79 Å². The summed E-state index contributed by atoms with van der Waals surface area (Å²) in [6.07, 6.45) is -12.1. The average molecular weight is 858 g/mol. The molecule has 20 nitrogen and oxygen atoms in total. The van der Waals surface area contributed by atoms with Gasteiger partial charge in [0.25, 0.3) is 0 Å². The Morgan fingerprint density at radius 2 is 1.59 bits per heavy atom. The van der Waals surface area contributed by atoms with Crippen molar-refractivity contribution in [3.63, 3.8) is 0 Å². The zero-order valence-corrected chi connectivity index (χ0v) is 33.5. The van der Waals surface area contributed by atoms with Crippen molar-refractivity contribution in [2.75, 3.05) is 34.5 Å². The molecule has 1 saturated heterocycles. The highest BCUT2D eigenvalue weighted by molar-refractivity contribution is 6.31. The molecule has 4 aliphatic carbocycles. The molecule has 0 unspecified atom stereocenters. The first-order valence-electron chi connectivity index (χ1n) is 19.4. The van der Waals surface area contributed by atoms with E-state index in [1.807, 2.05) is 0 Å². The zero-order chi connectivity index (χ0) is 44.8. The van der Waals surface area contributed by atoms with Crippen molar-refractivity contribution in [1.82, 2.24) is 5.32 Å². The highest BCUT2D eigenvalue weighted by Gasteiger charge is 2.73. The molecule has 2 aromatic carbocycles. The maximum Gasteiger partial charge on any atom is 0.341 e. The fourth-order valence-corrected chi connectivity index (χ4v) is 9.84. The molecule has 330 valence electrons. The van der Waals surface area contributed by atoms with E-state index < -0.39 is 177 Å². The molecule has 0 bridgehead atoms. The second-order valence-electron chi connectivity index (χ2n) is 16.0. The minimum atomic E-state index is -3.30. The summed E-state index contributed by atoms with van der Waals surface area (Å²) in [5.41, 5.74) is -10.8. The number of hydrogen-bond acceptors (Lipinski definition) is 20. The lowest BCUT2D eigenvalue weighted by Crippen LogP contribution is -2.73. The van der Waals surface area contributed by atoms with Gasteiger partial charge in [-0.3, -0.25) is 19.2 Å². The molecular weight excluding hydrogens is 810 g/mol. The number of fused-ring (bicyclic) bond motifs is 5. The third-order valence-corrected chi connectivity index (χ3v) is 12.9. The minimum Gasteiger partial charge on any atom is -0.507 e. The number of phenols is 2. The lowest BCUT2D eigenvalue weighted by molar-refractivity contribution is -0.263. The van der Waals surface area contributed by atoms with Crippen molar-refractivity contribution < 1.29 is 93.6 Å². The summed E-state index contributed by atoms with van der Waals surface area (Å²) in [7, 11) is 3.24. The number of aromatic hydroxyl groups is 2. The molecule has 61 heavy (non-hydrogen) atoms. The number of carbonyl (C=O) groups excluding carboxylic acids is 5. The number of aliphatic hydroxyl groups is 7. The Kier molecular flexibility index (Phi) is 11.5. The van der Waals surface area contributed by atoms with E-state index in [-0.39, 0.29) is 17.5 Å². The van der Waals surface area contributed by atoms with Crippen LogP contribution in [0.2, 0.25) is 0 Å². The molecule has 13 atom stereocenters. The Bertz CT molecular complexity index is 2240. The van der Waals surface area contributed by atoms with Crippen molar-refractivity contribution in [2.24, 2.45) is 11.8 Å². The fraction of sp³-hybridized carbons (Fsp3) is 0.537. The maximum absolute atomic E-state index is 14.8. The van der Waals surface area contributed by atoms with Gasteiger partial charge in [0.1, 0.15) is 41.6 Å². The summed E-state index contributed by atoms with van der Waals surface area (Å²) in [5, 5.41) is 102. The van der Waals surface area contributed by atoms with Crippen molar-refractivity contribution >= 4 is 29.1 Å². The monoisotopic (exact) mass is 857 g/mol. The molecule has 5 aliphatic rings. The van der Waals surface area contributed by atoms with Gasteiger partial charge in [0, 0.05) is 55.9 Å². The molecule has 20 heteroatoms. The van der Waals surface area contributed by atoms with Gasteiger partial charge in [0.05, 0.1) is 67.0 Å². The van der Waals surface area contributed by atoms with Gasteiger partial charge in [0.15, 0.2) is 17.0 Å². The van der Waals surface area contributed by atoms with Crippen LogP contribution >= 0.6 is 0 Å². The number of allylic oxidation sites excluding steroid dienone is 2. The molecule has 1 saturated carbocycles. The number of rotatable bonds is 9. The number of aliphatic hydroxyl groups excluding tert-OH is 6. The van der Waals surface area contributed by atoms with Crippen LogP contribution in [0.3, 0.4) is 0 Å². The number of nitrogens with one attached hydrogen (secondary N) is 1. The van der Waals surface area contributed by atoms with Crippen molar-refractivity contribution in [3.05, 3.63) is 68.4 Å². The van der Waals surface area contributed by atoms with Gasteiger partial charge in [-0.1, -0.05) is 6.07 Å². The highest BCUT2D eigenvalue weighted by Crippen LogP contribution is 2.56.